The van der Waals surface area contributed by atoms with Crippen molar-refractivity contribution in [2.75, 3.05) is 27.4 Å². The number of carbonyl (C=O) groups is 2. The average molecular weight is 374 g/mol. The molecule has 6 heteroatoms. The van der Waals surface area contributed by atoms with Gasteiger partial charge in [0.25, 0.3) is 0 Å². The maximum absolute atomic E-state index is 13.1. The second kappa shape index (κ2) is 9.22. The first-order valence-corrected chi connectivity index (χ1v) is 9.87. The second-order valence-electron chi connectivity index (χ2n) is 7.42. The number of carbonyl (C=O) groups excluding carboxylic acids is 2. The fraction of sp³-hybridized carbons (Fsp3) is 0.619. The van der Waals surface area contributed by atoms with Crippen molar-refractivity contribution in [3.63, 3.8) is 0 Å². The molecule has 6 nitrogen and oxygen atoms in total. The van der Waals surface area contributed by atoms with Crippen molar-refractivity contribution < 1.29 is 19.1 Å². The Morgan fingerprint density at radius 3 is 2.63 bits per heavy atom. The van der Waals surface area contributed by atoms with Gasteiger partial charge in [-0.05, 0) is 18.9 Å². The lowest BCUT2D eigenvalue weighted by molar-refractivity contribution is -0.129. The number of hydrogen-bond donors (Lipinski definition) is 1. The monoisotopic (exact) mass is 374 g/mol. The summed E-state index contributed by atoms with van der Waals surface area (Å²) in [6.07, 6.45) is 5.83. The van der Waals surface area contributed by atoms with Crippen LogP contribution in [0.5, 0.6) is 5.75 Å². The predicted molar refractivity (Wildman–Crippen MR) is 102 cm³/mol. The van der Waals surface area contributed by atoms with Crippen molar-refractivity contribution in [2.24, 2.45) is 5.92 Å². The third-order valence-electron chi connectivity index (χ3n) is 5.71. The van der Waals surface area contributed by atoms with Gasteiger partial charge < -0.3 is 19.7 Å². The van der Waals surface area contributed by atoms with Gasteiger partial charge in [-0.25, -0.2) is 0 Å². The highest BCUT2D eigenvalue weighted by molar-refractivity contribution is 5.90. The summed E-state index contributed by atoms with van der Waals surface area (Å²) in [5.41, 5.74) is 0.880. The lowest BCUT2D eigenvalue weighted by Crippen LogP contribution is -2.42. The Morgan fingerprint density at radius 1 is 1.19 bits per heavy atom. The van der Waals surface area contributed by atoms with Gasteiger partial charge in [-0.2, -0.15) is 0 Å². The summed E-state index contributed by atoms with van der Waals surface area (Å²) in [7, 11) is 3.23. The van der Waals surface area contributed by atoms with Crippen molar-refractivity contribution in [2.45, 2.75) is 50.6 Å². The standard InChI is InChI=1S/C21H30N2O4/c1-26-13-12-23-19(24)14-17(21(25)22-15-8-4-3-5-9-15)20(23)16-10-6-7-11-18(16)27-2/h6-7,10-11,15,17,20H,3-5,8-9,12-14H2,1-2H3,(H,22,25)/t17-,20+/m1/s1. The topological polar surface area (TPSA) is 67.9 Å². The fourth-order valence-electron chi connectivity index (χ4n) is 4.33. The van der Waals surface area contributed by atoms with Crippen molar-refractivity contribution in [3.8, 4) is 5.75 Å². The van der Waals surface area contributed by atoms with E-state index in [-0.39, 0.29) is 30.3 Å². The van der Waals surface area contributed by atoms with E-state index >= 15 is 0 Å². The molecule has 0 unspecified atom stereocenters. The zero-order valence-corrected chi connectivity index (χ0v) is 16.3. The van der Waals surface area contributed by atoms with Gasteiger partial charge in [0.1, 0.15) is 5.75 Å². The number of nitrogens with one attached hydrogen (secondary N) is 1. The molecule has 27 heavy (non-hydrogen) atoms. The van der Waals surface area contributed by atoms with E-state index in [1.165, 1.54) is 6.42 Å². The van der Waals surface area contributed by atoms with Crippen LogP contribution in [0.25, 0.3) is 0 Å². The Hall–Kier alpha value is -2.08. The number of hydrogen-bond acceptors (Lipinski definition) is 4. The lowest BCUT2D eigenvalue weighted by Gasteiger charge is -2.30. The molecule has 0 bridgehead atoms. The minimum Gasteiger partial charge on any atom is -0.496 e. The molecule has 1 aliphatic carbocycles. The maximum atomic E-state index is 13.1. The molecule has 2 amide bonds. The Bertz CT molecular complexity index is 657. The molecule has 1 saturated heterocycles. The molecule has 1 N–H and O–H groups in total. The molecule has 0 aromatic heterocycles. The van der Waals surface area contributed by atoms with Gasteiger partial charge in [0, 0.05) is 31.7 Å². The molecule has 1 heterocycles. The van der Waals surface area contributed by atoms with Gasteiger partial charge in [-0.3, -0.25) is 9.59 Å². The fourth-order valence-corrected chi connectivity index (χ4v) is 4.33. The highest BCUT2D eigenvalue weighted by atomic mass is 16.5. The predicted octanol–water partition coefficient (Wildman–Crippen LogP) is 2.68. The number of likely N-dealkylation sites (tertiary alicyclic amines) is 1. The van der Waals surface area contributed by atoms with Crippen LogP contribution in [0.15, 0.2) is 24.3 Å². The van der Waals surface area contributed by atoms with Crippen LogP contribution in [0.4, 0.5) is 0 Å². The number of amides is 2. The molecular formula is C21H30N2O4. The zero-order chi connectivity index (χ0) is 19.2. The van der Waals surface area contributed by atoms with E-state index in [9.17, 15) is 9.59 Å². The quantitative estimate of drug-likeness (QED) is 0.797. The largest absolute Gasteiger partial charge is 0.496 e. The van der Waals surface area contributed by atoms with Crippen LogP contribution in [-0.2, 0) is 14.3 Å². The number of benzene rings is 1. The van der Waals surface area contributed by atoms with E-state index in [0.29, 0.717) is 18.9 Å². The molecule has 1 aromatic carbocycles. The van der Waals surface area contributed by atoms with Crippen LogP contribution in [0.2, 0.25) is 0 Å². The number of ether oxygens (including phenoxy) is 2. The zero-order valence-electron chi connectivity index (χ0n) is 16.3. The van der Waals surface area contributed by atoms with E-state index in [0.717, 1.165) is 31.2 Å². The minimum absolute atomic E-state index is 0.00764. The first-order valence-electron chi connectivity index (χ1n) is 9.87. The summed E-state index contributed by atoms with van der Waals surface area (Å²) in [5, 5.41) is 3.21. The van der Waals surface area contributed by atoms with Gasteiger partial charge in [0.15, 0.2) is 0 Å². The van der Waals surface area contributed by atoms with Gasteiger partial charge in [-0.15, -0.1) is 0 Å². The summed E-state index contributed by atoms with van der Waals surface area (Å²) in [6, 6.07) is 7.55. The van der Waals surface area contributed by atoms with Gasteiger partial charge >= 0.3 is 0 Å². The summed E-state index contributed by atoms with van der Waals surface area (Å²) in [4.78, 5) is 27.6. The van der Waals surface area contributed by atoms with E-state index in [4.69, 9.17) is 9.47 Å². The second-order valence-corrected chi connectivity index (χ2v) is 7.42. The van der Waals surface area contributed by atoms with Crippen LogP contribution < -0.4 is 10.1 Å². The first kappa shape index (κ1) is 19.7. The first-order chi connectivity index (χ1) is 13.2. The molecule has 2 aliphatic rings. The van der Waals surface area contributed by atoms with E-state index < -0.39 is 5.92 Å². The van der Waals surface area contributed by atoms with Crippen LogP contribution in [-0.4, -0.2) is 50.1 Å². The molecule has 1 aromatic rings. The van der Waals surface area contributed by atoms with Crippen molar-refractivity contribution in [1.29, 1.82) is 0 Å². The third-order valence-corrected chi connectivity index (χ3v) is 5.71. The highest BCUT2D eigenvalue weighted by Gasteiger charge is 2.45. The number of methoxy groups -OCH3 is 2. The summed E-state index contributed by atoms with van der Waals surface area (Å²) < 4.78 is 10.7. The highest BCUT2D eigenvalue weighted by Crippen LogP contribution is 2.42. The Kier molecular flexibility index (Phi) is 6.72. The Labute approximate surface area is 161 Å². The van der Waals surface area contributed by atoms with E-state index in [1.54, 1.807) is 19.1 Å². The van der Waals surface area contributed by atoms with E-state index in [1.807, 2.05) is 24.3 Å². The number of rotatable bonds is 7. The molecular weight excluding hydrogens is 344 g/mol. The number of para-hydroxylation sites is 1. The van der Waals surface area contributed by atoms with Gasteiger partial charge in [-0.1, -0.05) is 37.5 Å². The van der Waals surface area contributed by atoms with Crippen LogP contribution in [0.3, 0.4) is 0 Å². The summed E-state index contributed by atoms with van der Waals surface area (Å²) >= 11 is 0. The normalized spacial score (nSPS) is 23.5. The smallest absolute Gasteiger partial charge is 0.226 e. The van der Waals surface area contributed by atoms with Crippen LogP contribution in [0.1, 0.15) is 50.1 Å². The molecule has 3 rings (SSSR count). The van der Waals surface area contributed by atoms with Crippen LogP contribution in [0, 0.1) is 5.92 Å². The van der Waals surface area contributed by atoms with Crippen molar-refractivity contribution in [3.05, 3.63) is 29.8 Å². The molecule has 0 radical (unpaired) electrons. The summed E-state index contributed by atoms with van der Waals surface area (Å²) in [5.74, 6) is 0.264. The van der Waals surface area contributed by atoms with Crippen molar-refractivity contribution >= 4 is 11.8 Å². The maximum Gasteiger partial charge on any atom is 0.226 e. The van der Waals surface area contributed by atoms with Crippen molar-refractivity contribution in [1.82, 2.24) is 10.2 Å². The number of nitrogens with zero attached hydrogens (tertiary/aromatic N) is 1. The molecule has 0 spiro atoms. The summed E-state index contributed by atoms with van der Waals surface area (Å²) in [6.45, 7) is 0.902. The molecule has 2 fully saturated rings. The average Bonchev–Trinajstić information content (AvgIpc) is 3.03. The molecule has 1 aliphatic heterocycles. The Balaban J connectivity index is 1.86. The molecule has 148 valence electrons. The lowest BCUT2D eigenvalue weighted by atomic mass is 9.90. The van der Waals surface area contributed by atoms with Crippen LogP contribution >= 0.6 is 0 Å². The Morgan fingerprint density at radius 2 is 1.93 bits per heavy atom. The van der Waals surface area contributed by atoms with Gasteiger partial charge in [0.2, 0.25) is 11.8 Å². The minimum atomic E-state index is -0.410. The van der Waals surface area contributed by atoms with Gasteiger partial charge in [0.05, 0.1) is 25.7 Å². The van der Waals surface area contributed by atoms with E-state index in [2.05, 4.69) is 5.32 Å². The molecule has 1 saturated carbocycles. The molecule has 2 atom stereocenters. The SMILES string of the molecule is COCCN1C(=O)C[C@@H](C(=O)NC2CCCCC2)[C@@H]1c1ccccc1OC. The third kappa shape index (κ3) is 4.43.